The van der Waals surface area contributed by atoms with Crippen molar-refractivity contribution in [3.05, 3.63) is 94.0 Å². The Morgan fingerprint density at radius 1 is 1.13 bits per heavy atom. The van der Waals surface area contributed by atoms with Crippen LogP contribution in [0.3, 0.4) is 0 Å². The van der Waals surface area contributed by atoms with Crippen molar-refractivity contribution in [3.8, 4) is 22.8 Å². The van der Waals surface area contributed by atoms with Gasteiger partial charge in [0.2, 0.25) is 0 Å². The molecule has 4 aromatic rings. The molecular formula is C23H19FN4O2. The smallest absolute Gasteiger partial charge is 0.256 e. The van der Waals surface area contributed by atoms with Crippen molar-refractivity contribution in [2.45, 2.75) is 19.5 Å². The van der Waals surface area contributed by atoms with Gasteiger partial charge in [-0.3, -0.25) is 14.7 Å². The molecule has 1 aliphatic heterocycles. The summed E-state index contributed by atoms with van der Waals surface area (Å²) in [6, 6.07) is 13.9. The third kappa shape index (κ3) is 3.55. The molecule has 4 heterocycles. The lowest BCUT2D eigenvalue weighted by molar-refractivity contribution is 0.241. The predicted molar refractivity (Wildman–Crippen MR) is 110 cm³/mol. The first kappa shape index (κ1) is 18.4. The fourth-order valence-corrected chi connectivity index (χ4v) is 3.75. The van der Waals surface area contributed by atoms with Crippen molar-refractivity contribution in [3.63, 3.8) is 0 Å². The van der Waals surface area contributed by atoms with Crippen molar-refractivity contribution < 1.29 is 8.81 Å². The number of nitrogens with one attached hydrogen (secondary N) is 1. The molecule has 7 heteroatoms. The minimum atomic E-state index is -0.286. The molecule has 5 rings (SSSR count). The zero-order valence-corrected chi connectivity index (χ0v) is 16.1. The number of aromatic amines is 1. The van der Waals surface area contributed by atoms with Crippen molar-refractivity contribution in [2.24, 2.45) is 0 Å². The summed E-state index contributed by atoms with van der Waals surface area (Å²) in [4.78, 5) is 26.6. The highest BCUT2D eigenvalue weighted by Gasteiger charge is 2.22. The Morgan fingerprint density at radius 2 is 2.03 bits per heavy atom. The molecule has 0 bridgehead atoms. The number of halogens is 1. The van der Waals surface area contributed by atoms with Crippen molar-refractivity contribution in [2.75, 3.05) is 6.54 Å². The summed E-state index contributed by atoms with van der Waals surface area (Å²) in [5, 5.41) is 0. The van der Waals surface area contributed by atoms with E-state index in [1.807, 2.05) is 12.1 Å². The molecule has 0 amide bonds. The highest BCUT2D eigenvalue weighted by atomic mass is 19.1. The van der Waals surface area contributed by atoms with E-state index < -0.39 is 0 Å². The molecule has 1 N–H and O–H groups in total. The van der Waals surface area contributed by atoms with Crippen LogP contribution >= 0.6 is 0 Å². The first-order chi connectivity index (χ1) is 14.7. The number of nitrogens with zero attached hydrogens (tertiary/aromatic N) is 3. The Hall–Kier alpha value is -3.58. The summed E-state index contributed by atoms with van der Waals surface area (Å²) >= 11 is 0. The van der Waals surface area contributed by atoms with E-state index in [2.05, 4.69) is 19.9 Å². The molecular weight excluding hydrogens is 383 g/mol. The summed E-state index contributed by atoms with van der Waals surface area (Å²) in [6.07, 6.45) is 4.01. The van der Waals surface area contributed by atoms with Gasteiger partial charge in [0.1, 0.15) is 5.82 Å². The fourth-order valence-electron chi connectivity index (χ4n) is 3.75. The predicted octanol–water partition coefficient (Wildman–Crippen LogP) is 3.79. The molecule has 0 fully saturated rings. The van der Waals surface area contributed by atoms with Gasteiger partial charge in [0.15, 0.2) is 11.6 Å². The van der Waals surface area contributed by atoms with Crippen LogP contribution < -0.4 is 5.56 Å². The van der Waals surface area contributed by atoms with Gasteiger partial charge in [-0.15, -0.1) is 0 Å². The van der Waals surface area contributed by atoms with Crippen LogP contribution in [-0.2, 0) is 19.5 Å². The van der Waals surface area contributed by atoms with E-state index >= 15 is 0 Å². The first-order valence-electron chi connectivity index (χ1n) is 9.75. The van der Waals surface area contributed by atoms with E-state index in [0.29, 0.717) is 47.9 Å². The highest BCUT2D eigenvalue weighted by molar-refractivity contribution is 5.59. The Balaban J connectivity index is 1.32. The van der Waals surface area contributed by atoms with Gasteiger partial charge in [-0.1, -0.05) is 18.2 Å². The number of fused-ring (bicyclic) bond motifs is 1. The summed E-state index contributed by atoms with van der Waals surface area (Å²) in [5.74, 6) is 0.731. The van der Waals surface area contributed by atoms with Crippen LogP contribution in [0.4, 0.5) is 4.39 Å². The largest absolute Gasteiger partial charge is 0.461 e. The van der Waals surface area contributed by atoms with Crippen LogP contribution in [0, 0.1) is 5.82 Å². The Morgan fingerprint density at radius 3 is 2.80 bits per heavy atom. The molecule has 3 aromatic heterocycles. The van der Waals surface area contributed by atoms with Crippen LogP contribution in [0.15, 0.2) is 70.2 Å². The zero-order valence-electron chi connectivity index (χ0n) is 16.1. The van der Waals surface area contributed by atoms with Gasteiger partial charge in [0.25, 0.3) is 5.56 Å². The third-order valence-corrected chi connectivity index (χ3v) is 5.28. The second-order valence-corrected chi connectivity index (χ2v) is 7.31. The van der Waals surface area contributed by atoms with Crippen LogP contribution in [0.2, 0.25) is 0 Å². The minimum Gasteiger partial charge on any atom is -0.461 e. The van der Waals surface area contributed by atoms with Gasteiger partial charge in [0.05, 0.1) is 23.2 Å². The van der Waals surface area contributed by atoms with E-state index in [-0.39, 0.29) is 11.4 Å². The molecule has 0 spiro atoms. The maximum Gasteiger partial charge on any atom is 0.256 e. The van der Waals surface area contributed by atoms with Gasteiger partial charge < -0.3 is 9.40 Å². The number of aromatic nitrogens is 3. The van der Waals surface area contributed by atoms with E-state index in [9.17, 15) is 9.18 Å². The molecule has 1 aliphatic rings. The quantitative estimate of drug-likeness (QED) is 0.562. The average molecular weight is 402 g/mol. The number of H-pyrrole nitrogens is 1. The standard InChI is InChI=1S/C23H19FN4O2/c24-18-5-2-1-4-16(18)19-8-7-15(12-25-19)13-28-10-9-20-17(14-28)23(29)27-22(26-20)21-6-3-11-30-21/h1-8,11-12H,9-10,13-14H2,(H,26,27,29). The van der Waals surface area contributed by atoms with E-state index in [4.69, 9.17) is 4.42 Å². The molecule has 0 saturated heterocycles. The summed E-state index contributed by atoms with van der Waals surface area (Å²) in [7, 11) is 0. The maximum atomic E-state index is 14.0. The van der Waals surface area contributed by atoms with Gasteiger partial charge in [0, 0.05) is 37.8 Å². The summed E-state index contributed by atoms with van der Waals surface area (Å²) in [6.45, 7) is 1.96. The monoisotopic (exact) mass is 402 g/mol. The maximum absolute atomic E-state index is 14.0. The van der Waals surface area contributed by atoms with Gasteiger partial charge in [-0.25, -0.2) is 9.37 Å². The molecule has 0 saturated carbocycles. The number of rotatable bonds is 4. The topological polar surface area (TPSA) is 75.0 Å². The summed E-state index contributed by atoms with van der Waals surface area (Å²) in [5.41, 5.74) is 3.47. The lowest BCUT2D eigenvalue weighted by atomic mass is 10.1. The molecule has 150 valence electrons. The SMILES string of the molecule is O=c1[nH]c(-c2ccco2)nc2c1CN(Cc1ccc(-c3ccccc3F)nc1)CC2. The molecule has 6 nitrogen and oxygen atoms in total. The van der Waals surface area contributed by atoms with Crippen molar-refractivity contribution in [1.29, 1.82) is 0 Å². The van der Waals surface area contributed by atoms with Crippen molar-refractivity contribution >= 4 is 0 Å². The average Bonchev–Trinajstić information content (AvgIpc) is 3.30. The fraction of sp³-hybridized carbons (Fsp3) is 0.174. The number of furan rings is 1. The Labute approximate surface area is 172 Å². The summed E-state index contributed by atoms with van der Waals surface area (Å²) < 4.78 is 19.3. The van der Waals surface area contributed by atoms with E-state index in [0.717, 1.165) is 17.8 Å². The van der Waals surface area contributed by atoms with Crippen LogP contribution in [0.5, 0.6) is 0 Å². The molecule has 0 radical (unpaired) electrons. The Kier molecular flexibility index (Phi) is 4.72. The molecule has 1 aromatic carbocycles. The minimum absolute atomic E-state index is 0.135. The third-order valence-electron chi connectivity index (χ3n) is 5.28. The van der Waals surface area contributed by atoms with Crippen molar-refractivity contribution in [1.82, 2.24) is 19.9 Å². The van der Waals surface area contributed by atoms with E-state index in [1.165, 1.54) is 6.07 Å². The van der Waals surface area contributed by atoms with Crippen LogP contribution in [-0.4, -0.2) is 26.4 Å². The molecule has 0 atom stereocenters. The first-order valence-corrected chi connectivity index (χ1v) is 9.75. The van der Waals surface area contributed by atoms with Crippen LogP contribution in [0.25, 0.3) is 22.8 Å². The van der Waals surface area contributed by atoms with Gasteiger partial charge in [-0.2, -0.15) is 0 Å². The Bertz CT molecular complexity index is 1230. The second-order valence-electron chi connectivity index (χ2n) is 7.31. The van der Waals surface area contributed by atoms with E-state index in [1.54, 1.807) is 42.8 Å². The molecule has 0 aliphatic carbocycles. The van der Waals surface area contributed by atoms with Gasteiger partial charge in [-0.05, 0) is 35.9 Å². The molecule has 0 unspecified atom stereocenters. The number of hydrogen-bond acceptors (Lipinski definition) is 5. The normalized spacial score (nSPS) is 13.9. The van der Waals surface area contributed by atoms with Gasteiger partial charge >= 0.3 is 0 Å². The number of hydrogen-bond donors (Lipinski definition) is 1. The molecule has 30 heavy (non-hydrogen) atoms. The number of benzene rings is 1. The second kappa shape index (κ2) is 7.68. The van der Waals surface area contributed by atoms with Crippen LogP contribution in [0.1, 0.15) is 16.8 Å². The lowest BCUT2D eigenvalue weighted by Crippen LogP contribution is -2.35. The number of pyridine rings is 1. The zero-order chi connectivity index (χ0) is 20.5. The lowest BCUT2D eigenvalue weighted by Gasteiger charge is -2.27. The highest BCUT2D eigenvalue weighted by Crippen LogP contribution is 2.22.